The summed E-state index contributed by atoms with van der Waals surface area (Å²) in [5.41, 5.74) is 1.21. The van der Waals surface area contributed by atoms with E-state index in [0.29, 0.717) is 27.2 Å². The normalized spacial score (nSPS) is 15.9. The van der Waals surface area contributed by atoms with Crippen molar-refractivity contribution in [2.75, 3.05) is 6.54 Å². The summed E-state index contributed by atoms with van der Waals surface area (Å²) < 4.78 is 25.9. The predicted molar refractivity (Wildman–Crippen MR) is 74.1 cm³/mol. The largest absolute Gasteiger partial charge is 0.306 e. The van der Waals surface area contributed by atoms with Gasteiger partial charge in [-0.2, -0.15) is 0 Å². The summed E-state index contributed by atoms with van der Waals surface area (Å²) >= 11 is 9.20. The van der Waals surface area contributed by atoms with Gasteiger partial charge in [0.05, 0.1) is 6.54 Å². The summed E-state index contributed by atoms with van der Waals surface area (Å²) in [5.74, 6) is -0.278. The highest BCUT2D eigenvalue weighted by molar-refractivity contribution is 9.10. The first-order valence-corrected chi connectivity index (χ1v) is 6.90. The first-order chi connectivity index (χ1) is 8.99. The van der Waals surface area contributed by atoms with Crippen LogP contribution in [-0.4, -0.2) is 23.8 Å². The molecule has 0 unspecified atom stereocenters. The van der Waals surface area contributed by atoms with Crippen molar-refractivity contribution in [3.63, 3.8) is 0 Å². The fraction of sp³-hybridized carbons (Fsp3) is 0.308. The van der Waals surface area contributed by atoms with Gasteiger partial charge in [0, 0.05) is 27.2 Å². The van der Waals surface area contributed by atoms with Crippen molar-refractivity contribution in [3.8, 4) is 0 Å². The molecule has 2 rings (SSSR count). The Hall–Kier alpha value is -0.940. The summed E-state index contributed by atoms with van der Waals surface area (Å²) in [4.78, 5) is 12.9. The van der Waals surface area contributed by atoms with Crippen LogP contribution in [0, 0.1) is 0 Å². The van der Waals surface area contributed by atoms with E-state index in [0.717, 1.165) is 4.90 Å². The Morgan fingerprint density at radius 1 is 1.42 bits per heavy atom. The summed E-state index contributed by atoms with van der Waals surface area (Å²) in [6.45, 7) is -0.584. The fourth-order valence-electron chi connectivity index (χ4n) is 2.00. The lowest BCUT2D eigenvalue weighted by molar-refractivity contribution is -0.129. The topological polar surface area (TPSA) is 20.3 Å². The van der Waals surface area contributed by atoms with Crippen LogP contribution in [0.25, 0.3) is 5.70 Å². The van der Waals surface area contributed by atoms with E-state index >= 15 is 0 Å². The summed E-state index contributed by atoms with van der Waals surface area (Å²) in [5, 5.41) is 0.541. The zero-order valence-corrected chi connectivity index (χ0v) is 12.2. The Kier molecular flexibility index (Phi) is 4.58. The number of hydrogen-bond acceptors (Lipinski definition) is 1. The molecule has 0 fully saturated rings. The summed E-state index contributed by atoms with van der Waals surface area (Å²) in [6.07, 6.45) is 0.0684. The van der Waals surface area contributed by atoms with E-state index in [1.54, 1.807) is 24.3 Å². The average Bonchev–Trinajstić information content (AvgIpc) is 2.32. The van der Waals surface area contributed by atoms with Crippen LogP contribution in [-0.2, 0) is 4.79 Å². The quantitative estimate of drug-likeness (QED) is 0.794. The maximum absolute atomic E-state index is 12.6. The molecule has 1 aliphatic heterocycles. The Morgan fingerprint density at radius 2 is 2.16 bits per heavy atom. The molecule has 0 saturated carbocycles. The fourth-order valence-corrected chi connectivity index (χ4v) is 2.89. The van der Waals surface area contributed by atoms with Crippen molar-refractivity contribution in [1.29, 1.82) is 0 Å². The van der Waals surface area contributed by atoms with Gasteiger partial charge in [0.25, 0.3) is 6.43 Å². The molecule has 0 radical (unpaired) electrons. The van der Waals surface area contributed by atoms with E-state index in [4.69, 9.17) is 11.6 Å². The monoisotopic (exact) mass is 349 g/mol. The molecular weight excluding hydrogens is 340 g/mol. The lowest BCUT2D eigenvalue weighted by Gasteiger charge is -2.29. The van der Waals surface area contributed by atoms with Gasteiger partial charge >= 0.3 is 0 Å². The molecule has 2 nitrogen and oxygen atoms in total. The third-order valence-electron chi connectivity index (χ3n) is 2.82. The van der Waals surface area contributed by atoms with Gasteiger partial charge in [-0.25, -0.2) is 8.78 Å². The van der Waals surface area contributed by atoms with Crippen LogP contribution in [0.4, 0.5) is 8.78 Å². The number of benzene rings is 1. The first kappa shape index (κ1) is 14.5. The first-order valence-electron chi connectivity index (χ1n) is 5.73. The number of allylic oxidation sites excluding steroid dienone is 1. The third kappa shape index (κ3) is 3.34. The molecule has 0 atom stereocenters. The molecule has 1 aromatic rings. The van der Waals surface area contributed by atoms with Gasteiger partial charge in [0.15, 0.2) is 0 Å². The van der Waals surface area contributed by atoms with Crippen LogP contribution in [0.5, 0.6) is 0 Å². The van der Waals surface area contributed by atoms with Crippen molar-refractivity contribution in [2.45, 2.75) is 19.3 Å². The zero-order chi connectivity index (χ0) is 14.0. The van der Waals surface area contributed by atoms with Gasteiger partial charge in [-0.3, -0.25) is 4.79 Å². The minimum atomic E-state index is -2.56. The molecule has 1 amide bonds. The lowest BCUT2D eigenvalue weighted by Crippen LogP contribution is -2.35. The van der Waals surface area contributed by atoms with E-state index in [1.807, 2.05) is 0 Å². The molecule has 102 valence electrons. The minimum absolute atomic E-state index is 0.265. The number of halogens is 4. The van der Waals surface area contributed by atoms with Crippen molar-refractivity contribution < 1.29 is 13.6 Å². The van der Waals surface area contributed by atoms with Crippen LogP contribution in [0.15, 0.2) is 28.7 Å². The number of amides is 1. The number of carbonyl (C=O) groups excluding carboxylic acids is 1. The molecule has 1 aliphatic rings. The molecule has 0 aromatic heterocycles. The molecule has 19 heavy (non-hydrogen) atoms. The maximum atomic E-state index is 12.6. The Morgan fingerprint density at radius 3 is 2.79 bits per heavy atom. The average molecular weight is 351 g/mol. The number of nitrogens with zero attached hydrogens (tertiary/aromatic N) is 1. The highest BCUT2D eigenvalue weighted by atomic mass is 79.9. The van der Waals surface area contributed by atoms with Gasteiger partial charge in [0.1, 0.15) is 0 Å². The van der Waals surface area contributed by atoms with Crippen LogP contribution in [0.1, 0.15) is 18.4 Å². The van der Waals surface area contributed by atoms with Crippen LogP contribution < -0.4 is 0 Å². The smallest absolute Gasteiger partial charge is 0.256 e. The van der Waals surface area contributed by atoms with E-state index in [2.05, 4.69) is 15.9 Å². The van der Waals surface area contributed by atoms with Crippen molar-refractivity contribution in [3.05, 3.63) is 39.3 Å². The molecule has 0 spiro atoms. The molecular formula is C13H11BrClF2NO. The molecule has 1 aromatic carbocycles. The number of hydrogen-bond donors (Lipinski definition) is 0. The number of carbonyl (C=O) groups is 1. The standard InChI is InChI=1S/C13H11BrClF2NO/c14-10-6-8(15)4-5-9(10)11-2-1-3-13(19)18(11)7-12(16)17/h2,4-6,12H,1,3,7H2. The van der Waals surface area contributed by atoms with Crippen LogP contribution in [0.2, 0.25) is 5.02 Å². The predicted octanol–water partition coefficient (Wildman–Crippen LogP) is 4.33. The molecule has 0 bridgehead atoms. The van der Waals surface area contributed by atoms with Crippen molar-refractivity contribution in [1.82, 2.24) is 4.90 Å². The number of rotatable bonds is 3. The Balaban J connectivity index is 2.39. The lowest BCUT2D eigenvalue weighted by atomic mass is 10.0. The van der Waals surface area contributed by atoms with E-state index in [-0.39, 0.29) is 12.3 Å². The van der Waals surface area contributed by atoms with Crippen molar-refractivity contribution >= 4 is 39.1 Å². The van der Waals surface area contributed by atoms with Gasteiger partial charge in [-0.1, -0.05) is 39.7 Å². The number of alkyl halides is 2. The molecule has 0 saturated heterocycles. The molecule has 1 heterocycles. The molecule has 6 heteroatoms. The second-order valence-electron chi connectivity index (χ2n) is 4.15. The second-order valence-corrected chi connectivity index (χ2v) is 5.44. The van der Waals surface area contributed by atoms with E-state index < -0.39 is 13.0 Å². The summed E-state index contributed by atoms with van der Waals surface area (Å²) in [7, 11) is 0. The SMILES string of the molecule is O=C1CCC=C(c2ccc(Cl)cc2Br)N1CC(F)F. The van der Waals surface area contributed by atoms with E-state index in [9.17, 15) is 13.6 Å². The van der Waals surface area contributed by atoms with Crippen LogP contribution >= 0.6 is 27.5 Å². The van der Waals surface area contributed by atoms with Gasteiger partial charge < -0.3 is 4.90 Å². The highest BCUT2D eigenvalue weighted by Gasteiger charge is 2.26. The summed E-state index contributed by atoms with van der Waals surface area (Å²) in [6, 6.07) is 5.06. The zero-order valence-electron chi connectivity index (χ0n) is 9.88. The van der Waals surface area contributed by atoms with Crippen LogP contribution in [0.3, 0.4) is 0 Å². The van der Waals surface area contributed by atoms with Gasteiger partial charge in [0.2, 0.25) is 5.91 Å². The maximum Gasteiger partial charge on any atom is 0.256 e. The molecule has 0 N–H and O–H groups in total. The van der Waals surface area contributed by atoms with Gasteiger partial charge in [-0.05, 0) is 18.6 Å². The Labute approximate surface area is 123 Å². The van der Waals surface area contributed by atoms with Gasteiger partial charge in [-0.15, -0.1) is 0 Å². The highest BCUT2D eigenvalue weighted by Crippen LogP contribution is 2.32. The van der Waals surface area contributed by atoms with Crippen molar-refractivity contribution in [2.24, 2.45) is 0 Å². The van der Waals surface area contributed by atoms with E-state index in [1.165, 1.54) is 0 Å². The third-order valence-corrected chi connectivity index (χ3v) is 3.71. The minimum Gasteiger partial charge on any atom is -0.306 e. The second kappa shape index (κ2) is 6.01. The Bertz CT molecular complexity index is 533. The molecule has 0 aliphatic carbocycles.